The lowest BCUT2D eigenvalue weighted by molar-refractivity contribution is -0.131. The number of ether oxygens (including phenoxy) is 1. The Balaban J connectivity index is 1.53. The number of hydrogen-bond acceptors (Lipinski definition) is 5. The summed E-state index contributed by atoms with van der Waals surface area (Å²) in [5.74, 6) is -2.53. The van der Waals surface area contributed by atoms with Crippen molar-refractivity contribution in [3.63, 3.8) is 0 Å². The van der Waals surface area contributed by atoms with Gasteiger partial charge in [0.1, 0.15) is 17.4 Å². The summed E-state index contributed by atoms with van der Waals surface area (Å²) >= 11 is 0. The fraction of sp³-hybridized carbons (Fsp3) is 0.333. The van der Waals surface area contributed by atoms with Crippen molar-refractivity contribution in [3.8, 4) is 5.75 Å². The number of carbonyl (C=O) groups is 2. The molecule has 32 heavy (non-hydrogen) atoms. The third-order valence-electron chi connectivity index (χ3n) is 4.94. The van der Waals surface area contributed by atoms with Crippen LogP contribution >= 0.6 is 0 Å². The van der Waals surface area contributed by atoms with E-state index in [-0.39, 0.29) is 43.2 Å². The number of carbonyl (C=O) groups excluding carboxylic acids is 2. The summed E-state index contributed by atoms with van der Waals surface area (Å²) in [5.41, 5.74) is -0.370. The van der Waals surface area contributed by atoms with E-state index in [0.717, 1.165) is 12.1 Å². The summed E-state index contributed by atoms with van der Waals surface area (Å²) in [6.45, 7) is 2.41. The molecule has 1 aliphatic rings. The molecule has 3 rings (SSSR count). The highest BCUT2D eigenvalue weighted by Crippen LogP contribution is 2.21. The van der Waals surface area contributed by atoms with Gasteiger partial charge in [-0.15, -0.1) is 0 Å². The molecule has 0 atom stereocenters. The van der Waals surface area contributed by atoms with E-state index in [0.29, 0.717) is 18.4 Å². The lowest BCUT2D eigenvalue weighted by atomic mass is 10.2. The van der Waals surface area contributed by atoms with Crippen molar-refractivity contribution < 1.29 is 31.5 Å². The molecule has 2 aromatic rings. The monoisotopic (exact) mass is 467 g/mol. The minimum absolute atomic E-state index is 0.0990. The second-order valence-electron chi connectivity index (χ2n) is 7.00. The number of sulfonamides is 1. The molecule has 8 nitrogen and oxygen atoms in total. The van der Waals surface area contributed by atoms with Crippen LogP contribution in [0.1, 0.15) is 17.3 Å². The predicted molar refractivity (Wildman–Crippen MR) is 112 cm³/mol. The van der Waals surface area contributed by atoms with Gasteiger partial charge in [0.2, 0.25) is 15.9 Å². The normalized spacial score (nSPS) is 14.8. The van der Waals surface area contributed by atoms with Crippen LogP contribution in [0, 0.1) is 11.6 Å². The van der Waals surface area contributed by atoms with E-state index >= 15 is 0 Å². The molecular weight excluding hydrogens is 444 g/mol. The molecule has 1 N–H and O–H groups in total. The fourth-order valence-corrected chi connectivity index (χ4v) is 4.66. The summed E-state index contributed by atoms with van der Waals surface area (Å²) in [4.78, 5) is 26.0. The number of amides is 2. The van der Waals surface area contributed by atoms with Gasteiger partial charge in [-0.2, -0.15) is 4.31 Å². The van der Waals surface area contributed by atoms with Crippen LogP contribution in [0.15, 0.2) is 47.4 Å². The summed E-state index contributed by atoms with van der Waals surface area (Å²) in [6.07, 6.45) is 0. The largest absolute Gasteiger partial charge is 0.494 e. The lowest BCUT2D eigenvalue weighted by Gasteiger charge is -2.34. The third-order valence-corrected chi connectivity index (χ3v) is 6.85. The number of rotatable bonds is 7. The van der Waals surface area contributed by atoms with Gasteiger partial charge in [-0.1, -0.05) is 0 Å². The molecule has 0 saturated carbocycles. The van der Waals surface area contributed by atoms with Crippen LogP contribution in [0.2, 0.25) is 0 Å². The van der Waals surface area contributed by atoms with E-state index in [4.69, 9.17) is 4.74 Å². The molecule has 1 fully saturated rings. The number of halogens is 2. The molecule has 172 valence electrons. The first-order valence-electron chi connectivity index (χ1n) is 9.96. The molecule has 0 aliphatic carbocycles. The third kappa shape index (κ3) is 5.40. The Kier molecular flexibility index (Phi) is 7.41. The van der Waals surface area contributed by atoms with Gasteiger partial charge in [-0.05, 0) is 43.3 Å². The maximum atomic E-state index is 13.7. The second-order valence-corrected chi connectivity index (χ2v) is 8.93. The zero-order valence-electron chi connectivity index (χ0n) is 17.4. The average molecular weight is 467 g/mol. The minimum atomic E-state index is -3.72. The molecule has 0 bridgehead atoms. The van der Waals surface area contributed by atoms with Crippen molar-refractivity contribution >= 4 is 21.8 Å². The zero-order valence-corrected chi connectivity index (χ0v) is 18.2. The molecule has 1 saturated heterocycles. The number of nitrogens with zero attached hydrogens (tertiary/aromatic N) is 2. The molecule has 0 spiro atoms. The molecule has 11 heteroatoms. The number of piperazine rings is 1. The molecule has 2 amide bonds. The smallest absolute Gasteiger partial charge is 0.254 e. The van der Waals surface area contributed by atoms with Crippen LogP contribution in [-0.4, -0.2) is 68.8 Å². The number of nitrogens with one attached hydrogen (secondary N) is 1. The van der Waals surface area contributed by atoms with E-state index in [1.807, 2.05) is 6.92 Å². The standard InChI is InChI=1S/C21H23F2N3O5S/c1-2-31-16-4-6-17(7-5-16)32(29,30)26-11-9-25(10-12-26)20(27)14-24-21(28)18-8-3-15(22)13-19(18)23/h3-8,13H,2,9-12,14H2,1H3,(H,24,28). The quantitative estimate of drug-likeness (QED) is 0.668. The SMILES string of the molecule is CCOc1ccc(S(=O)(=O)N2CCN(C(=O)CNC(=O)c3ccc(F)cc3F)CC2)cc1. The Labute approximate surface area is 184 Å². The lowest BCUT2D eigenvalue weighted by Crippen LogP contribution is -2.52. The molecule has 1 heterocycles. The predicted octanol–water partition coefficient (Wildman–Crippen LogP) is 1.63. The Hall–Kier alpha value is -3.05. The Morgan fingerprint density at radius 1 is 1.03 bits per heavy atom. The molecule has 1 aliphatic heterocycles. The first-order valence-corrected chi connectivity index (χ1v) is 11.4. The first-order chi connectivity index (χ1) is 15.2. The Morgan fingerprint density at radius 3 is 2.28 bits per heavy atom. The van der Waals surface area contributed by atoms with Gasteiger partial charge in [0, 0.05) is 32.2 Å². The molecule has 0 unspecified atom stereocenters. The van der Waals surface area contributed by atoms with Gasteiger partial charge in [0.25, 0.3) is 5.91 Å². The van der Waals surface area contributed by atoms with E-state index < -0.39 is 33.5 Å². The van der Waals surface area contributed by atoms with Crippen LogP contribution in [0.25, 0.3) is 0 Å². The van der Waals surface area contributed by atoms with Gasteiger partial charge in [0.15, 0.2) is 0 Å². The highest BCUT2D eigenvalue weighted by molar-refractivity contribution is 7.89. The summed E-state index contributed by atoms with van der Waals surface area (Å²) < 4.78 is 58.9. The topological polar surface area (TPSA) is 96.0 Å². The molecule has 0 radical (unpaired) electrons. The number of hydrogen-bond donors (Lipinski definition) is 1. The van der Waals surface area contributed by atoms with Crippen molar-refractivity contribution in [2.45, 2.75) is 11.8 Å². The summed E-state index contributed by atoms with van der Waals surface area (Å²) in [7, 11) is -3.72. The van der Waals surface area contributed by atoms with Crippen LogP contribution in [0.3, 0.4) is 0 Å². The van der Waals surface area contributed by atoms with Gasteiger partial charge in [0.05, 0.1) is 23.6 Å². The molecule has 0 aromatic heterocycles. The summed E-state index contributed by atoms with van der Waals surface area (Å²) in [5, 5.41) is 2.30. The van der Waals surface area contributed by atoms with Crippen LogP contribution in [-0.2, 0) is 14.8 Å². The van der Waals surface area contributed by atoms with Gasteiger partial charge in [-0.25, -0.2) is 17.2 Å². The van der Waals surface area contributed by atoms with Crippen molar-refractivity contribution in [1.29, 1.82) is 0 Å². The van der Waals surface area contributed by atoms with E-state index in [1.165, 1.54) is 21.3 Å². The van der Waals surface area contributed by atoms with Gasteiger partial charge in [-0.3, -0.25) is 9.59 Å². The van der Waals surface area contributed by atoms with Crippen LogP contribution in [0.5, 0.6) is 5.75 Å². The Bertz CT molecular complexity index is 1090. The fourth-order valence-electron chi connectivity index (χ4n) is 3.24. The minimum Gasteiger partial charge on any atom is -0.494 e. The molecular formula is C21H23F2N3O5S. The van der Waals surface area contributed by atoms with Crippen LogP contribution in [0.4, 0.5) is 8.78 Å². The van der Waals surface area contributed by atoms with Crippen molar-refractivity contribution in [2.75, 3.05) is 39.3 Å². The second kappa shape index (κ2) is 10.0. The van der Waals surface area contributed by atoms with E-state index in [9.17, 15) is 26.8 Å². The summed E-state index contributed by atoms with van der Waals surface area (Å²) in [6, 6.07) is 8.65. The van der Waals surface area contributed by atoms with Crippen molar-refractivity contribution in [2.24, 2.45) is 0 Å². The Morgan fingerprint density at radius 2 is 1.69 bits per heavy atom. The van der Waals surface area contributed by atoms with Crippen molar-refractivity contribution in [3.05, 3.63) is 59.7 Å². The average Bonchev–Trinajstić information content (AvgIpc) is 2.78. The zero-order chi connectivity index (χ0) is 23.3. The maximum absolute atomic E-state index is 13.7. The maximum Gasteiger partial charge on any atom is 0.254 e. The van der Waals surface area contributed by atoms with E-state index in [2.05, 4.69) is 5.32 Å². The van der Waals surface area contributed by atoms with Crippen LogP contribution < -0.4 is 10.1 Å². The van der Waals surface area contributed by atoms with Crippen molar-refractivity contribution in [1.82, 2.24) is 14.5 Å². The number of benzene rings is 2. The molecule has 2 aromatic carbocycles. The highest BCUT2D eigenvalue weighted by atomic mass is 32.2. The highest BCUT2D eigenvalue weighted by Gasteiger charge is 2.30. The van der Waals surface area contributed by atoms with Gasteiger partial charge >= 0.3 is 0 Å². The first kappa shape index (κ1) is 23.6. The van der Waals surface area contributed by atoms with Gasteiger partial charge < -0.3 is 15.0 Å². The van der Waals surface area contributed by atoms with E-state index in [1.54, 1.807) is 12.1 Å².